The minimum absolute atomic E-state index is 0.436. The first kappa shape index (κ1) is 26.0. The number of nitrogen functional groups attached to an aromatic ring is 2. The Morgan fingerprint density at radius 1 is 0.756 bits per heavy atom. The number of hydrogen-bond acceptors (Lipinski definition) is 12. The van der Waals surface area contributed by atoms with E-state index in [0.717, 1.165) is 44.3 Å². The van der Waals surface area contributed by atoms with Crippen LogP contribution in [0.4, 0.5) is 22.6 Å². The molecule has 0 amide bonds. The van der Waals surface area contributed by atoms with Gasteiger partial charge in [0.2, 0.25) is 5.13 Å². The summed E-state index contributed by atoms with van der Waals surface area (Å²) in [7, 11) is 3.71. The molecule has 0 aliphatic heterocycles. The molecule has 0 unspecified atom stereocenters. The number of rotatable bonds is 4. The SMILES string of the molecule is Cn1cc(-c2cc3nc(Cl)ccc3nc2N)cn1.Cn1cc(-c2cc3nc(Nc4nncs4)ccc3nc2N)cn1. The molecule has 0 aromatic carbocycles. The zero-order chi connectivity index (χ0) is 28.5. The standard InChI is InChI=1S/C14H12N8S.C12H10ClN5/c1-22-6-8(5-17-22)9-4-11-10(19-13(9)15)2-3-12(18-11)20-14-21-16-7-23-14;1-18-6-7(5-15-18)8-4-10-9(17-12(8)14)2-3-11(13)16-10/h2-7H,1H3,(H2,15,19)(H,18,20,21);2-6H,1H3,(H2,14,17). The van der Waals surface area contributed by atoms with Gasteiger partial charge in [-0.2, -0.15) is 10.2 Å². The van der Waals surface area contributed by atoms with E-state index in [1.54, 1.807) is 39.4 Å². The molecule has 0 spiro atoms. The van der Waals surface area contributed by atoms with Crippen molar-refractivity contribution in [1.29, 1.82) is 0 Å². The second-order valence-corrected chi connectivity index (χ2v) is 10.1. The Morgan fingerprint density at radius 2 is 1.34 bits per heavy atom. The van der Waals surface area contributed by atoms with Crippen LogP contribution in [0.1, 0.15) is 0 Å². The lowest BCUT2D eigenvalue weighted by Gasteiger charge is -2.07. The predicted octanol–water partition coefficient (Wildman–Crippen LogP) is 4.47. The highest BCUT2D eigenvalue weighted by Gasteiger charge is 2.11. The zero-order valence-electron chi connectivity index (χ0n) is 21.8. The van der Waals surface area contributed by atoms with Crippen LogP contribution < -0.4 is 16.8 Å². The summed E-state index contributed by atoms with van der Waals surface area (Å²) in [5, 5.41) is 20.3. The van der Waals surface area contributed by atoms with Crippen LogP contribution in [-0.2, 0) is 14.1 Å². The Balaban J connectivity index is 0.000000152. The number of aryl methyl sites for hydroxylation is 2. The molecule has 7 aromatic rings. The third-order valence-electron chi connectivity index (χ3n) is 5.99. The Bertz CT molecular complexity index is 2000. The first-order valence-electron chi connectivity index (χ1n) is 12.1. The van der Waals surface area contributed by atoms with Crippen LogP contribution in [0.25, 0.3) is 44.3 Å². The summed E-state index contributed by atoms with van der Waals surface area (Å²) >= 11 is 7.28. The van der Waals surface area contributed by atoms with Gasteiger partial charge >= 0.3 is 0 Å². The van der Waals surface area contributed by atoms with Gasteiger partial charge in [-0.1, -0.05) is 22.9 Å². The molecule has 0 saturated heterocycles. The molecule has 204 valence electrons. The van der Waals surface area contributed by atoms with Gasteiger partial charge in [-0.15, -0.1) is 10.2 Å². The van der Waals surface area contributed by atoms with Crippen molar-refractivity contribution in [2.24, 2.45) is 14.1 Å². The molecule has 0 saturated carbocycles. The molecule has 41 heavy (non-hydrogen) atoms. The van der Waals surface area contributed by atoms with Gasteiger partial charge in [0.25, 0.3) is 0 Å². The maximum atomic E-state index is 6.07. The summed E-state index contributed by atoms with van der Waals surface area (Å²) in [6.07, 6.45) is 7.26. The summed E-state index contributed by atoms with van der Waals surface area (Å²) in [4.78, 5) is 17.5. The molecule has 0 radical (unpaired) electrons. The van der Waals surface area contributed by atoms with Crippen molar-refractivity contribution in [3.05, 3.63) is 71.8 Å². The first-order chi connectivity index (χ1) is 19.8. The number of pyridine rings is 4. The molecular weight excluding hydrogens is 562 g/mol. The smallest absolute Gasteiger partial charge is 0.210 e. The molecule has 7 rings (SSSR count). The molecule has 7 heterocycles. The van der Waals surface area contributed by atoms with Crippen LogP contribution in [-0.4, -0.2) is 49.7 Å². The molecule has 0 fully saturated rings. The Kier molecular flexibility index (Phi) is 6.83. The van der Waals surface area contributed by atoms with E-state index in [4.69, 9.17) is 23.1 Å². The van der Waals surface area contributed by atoms with E-state index >= 15 is 0 Å². The molecule has 5 N–H and O–H groups in total. The van der Waals surface area contributed by atoms with Crippen molar-refractivity contribution in [3.8, 4) is 22.3 Å². The zero-order valence-corrected chi connectivity index (χ0v) is 23.3. The van der Waals surface area contributed by atoms with Crippen LogP contribution in [0.15, 0.2) is 66.7 Å². The van der Waals surface area contributed by atoms with Crippen molar-refractivity contribution in [2.45, 2.75) is 0 Å². The average Bonchev–Trinajstić information content (AvgIpc) is 3.72. The molecule has 0 atom stereocenters. The fraction of sp³-hybridized carbons (Fsp3) is 0.0769. The van der Waals surface area contributed by atoms with E-state index in [2.05, 4.69) is 45.6 Å². The number of nitrogens with one attached hydrogen (secondary N) is 1. The number of nitrogens with zero attached hydrogens (tertiary/aromatic N) is 10. The van der Waals surface area contributed by atoms with E-state index < -0.39 is 0 Å². The van der Waals surface area contributed by atoms with Crippen molar-refractivity contribution in [3.63, 3.8) is 0 Å². The number of nitrogens with two attached hydrogens (primary N) is 2. The van der Waals surface area contributed by atoms with E-state index in [0.29, 0.717) is 27.7 Å². The Morgan fingerprint density at radius 3 is 1.88 bits per heavy atom. The van der Waals surface area contributed by atoms with Gasteiger partial charge in [0.05, 0.1) is 34.5 Å². The maximum Gasteiger partial charge on any atom is 0.210 e. The summed E-state index contributed by atoms with van der Waals surface area (Å²) in [5.74, 6) is 1.59. The predicted molar refractivity (Wildman–Crippen MR) is 161 cm³/mol. The van der Waals surface area contributed by atoms with Crippen LogP contribution >= 0.6 is 22.9 Å². The molecule has 7 aromatic heterocycles. The van der Waals surface area contributed by atoms with Gasteiger partial charge in [0.1, 0.15) is 28.1 Å². The normalized spacial score (nSPS) is 11.0. The van der Waals surface area contributed by atoms with Crippen LogP contribution in [0.2, 0.25) is 5.15 Å². The summed E-state index contributed by atoms with van der Waals surface area (Å²) in [6, 6.07) is 11.0. The lowest BCUT2D eigenvalue weighted by molar-refractivity contribution is 0.768. The third-order valence-corrected chi connectivity index (χ3v) is 6.81. The van der Waals surface area contributed by atoms with Gasteiger partial charge in [-0.25, -0.2) is 19.9 Å². The number of halogens is 1. The summed E-state index contributed by atoms with van der Waals surface area (Å²) in [5.41, 5.74) is 20.0. The first-order valence-corrected chi connectivity index (χ1v) is 13.4. The van der Waals surface area contributed by atoms with E-state index in [9.17, 15) is 0 Å². The fourth-order valence-electron chi connectivity index (χ4n) is 4.10. The Hall–Kier alpha value is -5.21. The van der Waals surface area contributed by atoms with E-state index in [1.165, 1.54) is 11.3 Å². The van der Waals surface area contributed by atoms with Crippen molar-refractivity contribution in [1.82, 2.24) is 49.7 Å². The number of hydrogen-bond donors (Lipinski definition) is 3. The van der Waals surface area contributed by atoms with Crippen molar-refractivity contribution < 1.29 is 0 Å². The highest BCUT2D eigenvalue weighted by atomic mass is 35.5. The molecule has 13 nitrogen and oxygen atoms in total. The van der Waals surface area contributed by atoms with Gasteiger partial charge in [-0.3, -0.25) is 9.36 Å². The fourth-order valence-corrected chi connectivity index (χ4v) is 4.71. The highest BCUT2D eigenvalue weighted by Crippen LogP contribution is 2.29. The van der Waals surface area contributed by atoms with Crippen LogP contribution in [0.3, 0.4) is 0 Å². The average molecular weight is 584 g/mol. The lowest BCUT2D eigenvalue weighted by Crippen LogP contribution is -1.98. The molecule has 15 heteroatoms. The Labute approximate surface area is 241 Å². The number of anilines is 4. The molecular formula is C26H22ClN13S. The molecule has 0 aliphatic rings. The van der Waals surface area contributed by atoms with E-state index in [-0.39, 0.29) is 0 Å². The van der Waals surface area contributed by atoms with Gasteiger partial charge in [0, 0.05) is 48.7 Å². The van der Waals surface area contributed by atoms with Crippen LogP contribution in [0.5, 0.6) is 0 Å². The minimum Gasteiger partial charge on any atom is -0.383 e. The van der Waals surface area contributed by atoms with Gasteiger partial charge in [0.15, 0.2) is 0 Å². The largest absolute Gasteiger partial charge is 0.383 e. The topological polar surface area (TPSA) is 177 Å². The van der Waals surface area contributed by atoms with Gasteiger partial charge in [-0.05, 0) is 36.4 Å². The third kappa shape index (κ3) is 5.59. The van der Waals surface area contributed by atoms with E-state index in [1.807, 2.05) is 50.8 Å². The quantitative estimate of drug-likeness (QED) is 0.249. The number of fused-ring (bicyclic) bond motifs is 2. The van der Waals surface area contributed by atoms with Gasteiger partial charge < -0.3 is 16.8 Å². The van der Waals surface area contributed by atoms with Crippen LogP contribution in [0, 0.1) is 0 Å². The maximum absolute atomic E-state index is 6.07. The molecule has 0 bridgehead atoms. The highest BCUT2D eigenvalue weighted by molar-refractivity contribution is 7.13. The lowest BCUT2D eigenvalue weighted by atomic mass is 10.1. The van der Waals surface area contributed by atoms with Crippen molar-refractivity contribution in [2.75, 3.05) is 16.8 Å². The number of aromatic nitrogens is 10. The minimum atomic E-state index is 0.436. The summed E-state index contributed by atoms with van der Waals surface area (Å²) in [6.45, 7) is 0. The second kappa shape index (κ2) is 10.7. The second-order valence-electron chi connectivity index (χ2n) is 8.92. The summed E-state index contributed by atoms with van der Waals surface area (Å²) < 4.78 is 3.43. The molecule has 0 aliphatic carbocycles. The monoisotopic (exact) mass is 583 g/mol. The van der Waals surface area contributed by atoms with Crippen molar-refractivity contribution >= 4 is 67.6 Å².